The molecule has 0 unspecified atom stereocenters. The van der Waals surface area contributed by atoms with E-state index in [2.05, 4.69) is 47.7 Å². The molecule has 0 N–H and O–H groups in total. The van der Waals surface area contributed by atoms with Crippen LogP contribution in [0, 0.1) is 6.92 Å². The quantitative estimate of drug-likeness (QED) is 0.522. The van der Waals surface area contributed by atoms with Gasteiger partial charge in [0.2, 0.25) is 5.91 Å². The molecule has 27 heavy (non-hydrogen) atoms. The minimum Gasteiger partial charge on any atom is -0.495 e. The maximum Gasteiger partial charge on any atom is 0.249 e. The number of thiazole rings is 1. The SMILES string of the molecule is CCCn1c(=NC(=O)CCSc2ccc(C)cc2)sc2cccc(OC)c21. The summed E-state index contributed by atoms with van der Waals surface area (Å²) in [5, 5.41) is 0. The van der Waals surface area contributed by atoms with Crippen molar-refractivity contribution in [1.82, 2.24) is 4.57 Å². The number of para-hydroxylation sites is 1. The molecule has 0 atom stereocenters. The third-order valence-electron chi connectivity index (χ3n) is 4.16. The van der Waals surface area contributed by atoms with Crippen LogP contribution in [-0.4, -0.2) is 23.3 Å². The minimum absolute atomic E-state index is 0.0787. The lowest BCUT2D eigenvalue weighted by Crippen LogP contribution is -2.17. The van der Waals surface area contributed by atoms with Crippen molar-refractivity contribution in [3.8, 4) is 5.75 Å². The number of carbonyl (C=O) groups excluding carboxylic acids is 1. The summed E-state index contributed by atoms with van der Waals surface area (Å²) < 4.78 is 8.70. The van der Waals surface area contributed by atoms with E-state index in [-0.39, 0.29) is 5.91 Å². The zero-order chi connectivity index (χ0) is 19.2. The Morgan fingerprint density at radius 3 is 2.70 bits per heavy atom. The van der Waals surface area contributed by atoms with Gasteiger partial charge in [-0.1, -0.05) is 42.0 Å². The molecular formula is C21H24N2O2S2. The van der Waals surface area contributed by atoms with Crippen LogP contribution in [0.25, 0.3) is 10.2 Å². The number of fused-ring (bicyclic) bond motifs is 1. The molecule has 4 nitrogen and oxygen atoms in total. The van der Waals surface area contributed by atoms with E-state index in [9.17, 15) is 4.79 Å². The van der Waals surface area contributed by atoms with Gasteiger partial charge in [0.25, 0.3) is 0 Å². The molecule has 6 heteroatoms. The number of benzene rings is 2. The molecule has 0 radical (unpaired) electrons. The van der Waals surface area contributed by atoms with E-state index in [1.54, 1.807) is 30.2 Å². The number of rotatable bonds is 7. The lowest BCUT2D eigenvalue weighted by molar-refractivity contribution is -0.117. The van der Waals surface area contributed by atoms with Crippen molar-refractivity contribution in [2.24, 2.45) is 4.99 Å². The summed E-state index contributed by atoms with van der Waals surface area (Å²) >= 11 is 3.23. The minimum atomic E-state index is -0.0787. The summed E-state index contributed by atoms with van der Waals surface area (Å²) in [4.78, 5) is 18.8. The number of aryl methyl sites for hydroxylation is 2. The number of carbonyl (C=O) groups is 1. The normalized spacial score (nSPS) is 11.9. The van der Waals surface area contributed by atoms with Crippen LogP contribution < -0.4 is 9.54 Å². The van der Waals surface area contributed by atoms with Crippen LogP contribution in [0.2, 0.25) is 0 Å². The number of hydrogen-bond donors (Lipinski definition) is 0. The van der Waals surface area contributed by atoms with E-state index in [1.807, 2.05) is 18.2 Å². The molecule has 0 bridgehead atoms. The molecule has 0 aliphatic carbocycles. The molecule has 142 valence electrons. The Labute approximate surface area is 167 Å². The zero-order valence-electron chi connectivity index (χ0n) is 15.9. The molecule has 0 spiro atoms. The summed E-state index contributed by atoms with van der Waals surface area (Å²) in [5.41, 5.74) is 2.26. The largest absolute Gasteiger partial charge is 0.495 e. The first-order chi connectivity index (χ1) is 13.1. The fourth-order valence-corrected chi connectivity index (χ4v) is 4.76. The van der Waals surface area contributed by atoms with Gasteiger partial charge in [0, 0.05) is 23.6 Å². The third kappa shape index (κ3) is 4.82. The van der Waals surface area contributed by atoms with E-state index in [0.29, 0.717) is 6.42 Å². The first-order valence-electron chi connectivity index (χ1n) is 9.05. The summed E-state index contributed by atoms with van der Waals surface area (Å²) in [6, 6.07) is 14.3. The second-order valence-corrected chi connectivity index (χ2v) is 8.44. The highest BCUT2D eigenvalue weighted by atomic mass is 32.2. The highest BCUT2D eigenvalue weighted by molar-refractivity contribution is 7.99. The lowest BCUT2D eigenvalue weighted by atomic mass is 10.2. The molecule has 0 saturated heterocycles. The highest BCUT2D eigenvalue weighted by Gasteiger charge is 2.11. The molecular weight excluding hydrogens is 376 g/mol. The van der Waals surface area contributed by atoms with Crippen LogP contribution in [0.5, 0.6) is 5.75 Å². The van der Waals surface area contributed by atoms with Crippen molar-refractivity contribution >= 4 is 39.2 Å². The van der Waals surface area contributed by atoms with Gasteiger partial charge in [-0.15, -0.1) is 11.8 Å². The standard InChI is InChI=1S/C21H24N2O2S2/c1-4-13-23-20-17(25-3)6-5-7-18(20)27-21(23)22-19(24)12-14-26-16-10-8-15(2)9-11-16/h5-11H,4,12-14H2,1-3H3. The topological polar surface area (TPSA) is 43.6 Å². The Kier molecular flexibility index (Phi) is 6.74. The van der Waals surface area contributed by atoms with Gasteiger partial charge >= 0.3 is 0 Å². The summed E-state index contributed by atoms with van der Waals surface area (Å²) in [5.74, 6) is 1.47. The van der Waals surface area contributed by atoms with Crippen molar-refractivity contribution in [3.63, 3.8) is 0 Å². The number of nitrogens with zero attached hydrogens (tertiary/aromatic N) is 2. The molecule has 0 aliphatic rings. The molecule has 3 aromatic rings. The Balaban J connectivity index is 1.78. The van der Waals surface area contributed by atoms with Crippen LogP contribution >= 0.6 is 23.1 Å². The fourth-order valence-electron chi connectivity index (χ4n) is 2.83. The molecule has 0 aliphatic heterocycles. The Morgan fingerprint density at radius 1 is 1.22 bits per heavy atom. The van der Waals surface area contributed by atoms with Crippen LogP contribution in [0.4, 0.5) is 0 Å². The molecule has 0 saturated carbocycles. The van der Waals surface area contributed by atoms with E-state index in [0.717, 1.165) is 39.5 Å². The van der Waals surface area contributed by atoms with Crippen molar-refractivity contribution < 1.29 is 9.53 Å². The van der Waals surface area contributed by atoms with Crippen molar-refractivity contribution in [2.75, 3.05) is 12.9 Å². The predicted octanol–water partition coefficient (Wildman–Crippen LogP) is 5.04. The van der Waals surface area contributed by atoms with Gasteiger partial charge in [-0.05, 0) is 37.6 Å². The van der Waals surface area contributed by atoms with Gasteiger partial charge in [-0.2, -0.15) is 4.99 Å². The average Bonchev–Trinajstić information content (AvgIpc) is 3.01. The van der Waals surface area contributed by atoms with E-state index in [4.69, 9.17) is 4.74 Å². The first kappa shape index (κ1) is 19.7. The van der Waals surface area contributed by atoms with Crippen molar-refractivity contribution in [1.29, 1.82) is 0 Å². The fraction of sp³-hybridized carbons (Fsp3) is 0.333. The molecule has 1 aromatic heterocycles. The van der Waals surface area contributed by atoms with Gasteiger partial charge in [0.1, 0.15) is 11.3 Å². The Hall–Kier alpha value is -2.05. The second-order valence-electron chi connectivity index (χ2n) is 6.26. The lowest BCUT2D eigenvalue weighted by Gasteiger charge is -2.07. The zero-order valence-corrected chi connectivity index (χ0v) is 17.5. The summed E-state index contributed by atoms with van der Waals surface area (Å²) in [6.45, 7) is 5.00. The first-order valence-corrected chi connectivity index (χ1v) is 10.9. The number of thioether (sulfide) groups is 1. The summed E-state index contributed by atoms with van der Waals surface area (Å²) in [6.07, 6.45) is 1.39. The van der Waals surface area contributed by atoms with Gasteiger partial charge in [0.05, 0.1) is 11.8 Å². The van der Waals surface area contributed by atoms with Gasteiger partial charge in [-0.3, -0.25) is 4.79 Å². The van der Waals surface area contributed by atoms with Crippen LogP contribution in [0.3, 0.4) is 0 Å². The second kappa shape index (κ2) is 9.24. The molecule has 1 amide bonds. The molecule has 3 rings (SSSR count). The van der Waals surface area contributed by atoms with Crippen LogP contribution in [0.1, 0.15) is 25.3 Å². The van der Waals surface area contributed by atoms with Crippen LogP contribution in [-0.2, 0) is 11.3 Å². The molecule has 0 fully saturated rings. The number of ether oxygens (including phenoxy) is 1. The van der Waals surface area contributed by atoms with Crippen molar-refractivity contribution in [2.45, 2.75) is 38.1 Å². The highest BCUT2D eigenvalue weighted by Crippen LogP contribution is 2.27. The Bertz CT molecular complexity index is 988. The van der Waals surface area contributed by atoms with E-state index < -0.39 is 0 Å². The predicted molar refractivity (Wildman–Crippen MR) is 114 cm³/mol. The molecule has 2 aromatic carbocycles. The average molecular weight is 401 g/mol. The van der Waals surface area contributed by atoms with Crippen LogP contribution in [0.15, 0.2) is 52.4 Å². The Morgan fingerprint density at radius 2 is 2.00 bits per heavy atom. The number of hydrogen-bond acceptors (Lipinski definition) is 4. The third-order valence-corrected chi connectivity index (χ3v) is 6.21. The van der Waals surface area contributed by atoms with Gasteiger partial charge < -0.3 is 9.30 Å². The molecule has 1 heterocycles. The number of amides is 1. The van der Waals surface area contributed by atoms with Gasteiger partial charge in [-0.25, -0.2) is 0 Å². The smallest absolute Gasteiger partial charge is 0.249 e. The van der Waals surface area contributed by atoms with Gasteiger partial charge in [0.15, 0.2) is 4.80 Å². The van der Waals surface area contributed by atoms with Crippen molar-refractivity contribution in [3.05, 3.63) is 52.8 Å². The maximum atomic E-state index is 12.4. The van der Waals surface area contributed by atoms with E-state index >= 15 is 0 Å². The maximum absolute atomic E-state index is 12.4. The number of aromatic nitrogens is 1. The van der Waals surface area contributed by atoms with E-state index in [1.165, 1.54) is 10.5 Å². The monoisotopic (exact) mass is 400 g/mol. The number of methoxy groups -OCH3 is 1. The summed E-state index contributed by atoms with van der Waals surface area (Å²) in [7, 11) is 1.67.